The number of carbonyl (C=O) groups excluding carboxylic acids is 1. The van der Waals surface area contributed by atoms with Gasteiger partial charge in [0.2, 0.25) is 0 Å². The van der Waals surface area contributed by atoms with E-state index >= 15 is 0 Å². The fourth-order valence-corrected chi connectivity index (χ4v) is 2.81. The normalized spacial score (nSPS) is 16.4. The summed E-state index contributed by atoms with van der Waals surface area (Å²) >= 11 is 0. The molecule has 3 nitrogen and oxygen atoms in total. The second-order valence-electron chi connectivity index (χ2n) is 5.39. The van der Waals surface area contributed by atoms with Gasteiger partial charge in [0.05, 0.1) is 7.11 Å². The average molecular weight is 269 g/mol. The van der Waals surface area contributed by atoms with Gasteiger partial charge in [-0.25, -0.2) is 4.79 Å². The van der Waals surface area contributed by atoms with E-state index in [-0.39, 0.29) is 12.0 Å². The Hall–Kier alpha value is -1.87. The molecule has 20 heavy (non-hydrogen) atoms. The number of ether oxygens (including phenoxy) is 1. The fourth-order valence-electron chi connectivity index (χ4n) is 2.81. The number of methoxy groups -OCH3 is 1. The van der Waals surface area contributed by atoms with Crippen LogP contribution in [0.2, 0.25) is 0 Å². The maximum atomic E-state index is 12.3. The molecule has 0 aromatic heterocycles. The van der Waals surface area contributed by atoms with Crippen molar-refractivity contribution in [3.8, 4) is 0 Å². The molecule has 3 rings (SSSR count). The van der Waals surface area contributed by atoms with Crippen molar-refractivity contribution in [2.45, 2.75) is 24.9 Å². The first-order valence-electron chi connectivity index (χ1n) is 7.00. The molecule has 1 fully saturated rings. The topological polar surface area (TPSA) is 29.5 Å². The Balaban J connectivity index is 2.10. The number of fused-ring (bicyclic) bond motifs is 1. The van der Waals surface area contributed by atoms with Gasteiger partial charge < -0.3 is 4.74 Å². The van der Waals surface area contributed by atoms with E-state index in [1.54, 1.807) is 0 Å². The van der Waals surface area contributed by atoms with Gasteiger partial charge in [-0.05, 0) is 36.2 Å². The van der Waals surface area contributed by atoms with Crippen molar-refractivity contribution in [1.82, 2.24) is 4.90 Å². The van der Waals surface area contributed by atoms with Crippen LogP contribution in [-0.2, 0) is 9.53 Å². The molecule has 3 heteroatoms. The molecule has 1 unspecified atom stereocenters. The van der Waals surface area contributed by atoms with Gasteiger partial charge in [-0.1, -0.05) is 42.5 Å². The Morgan fingerprint density at radius 2 is 1.90 bits per heavy atom. The Morgan fingerprint density at radius 1 is 1.20 bits per heavy atom. The molecule has 0 heterocycles. The predicted octanol–water partition coefficient (Wildman–Crippen LogP) is 3.15. The van der Waals surface area contributed by atoms with Gasteiger partial charge >= 0.3 is 5.97 Å². The fraction of sp³-hybridized carbons (Fsp3) is 0.353. The Kier molecular flexibility index (Phi) is 3.45. The van der Waals surface area contributed by atoms with Gasteiger partial charge in [0.1, 0.15) is 6.04 Å². The summed E-state index contributed by atoms with van der Waals surface area (Å²) in [5.74, 6) is -0.184. The number of esters is 1. The Morgan fingerprint density at radius 3 is 2.60 bits per heavy atom. The summed E-state index contributed by atoms with van der Waals surface area (Å²) in [7, 11) is 3.47. The zero-order valence-corrected chi connectivity index (χ0v) is 11.9. The van der Waals surface area contributed by atoms with Crippen LogP contribution in [0.4, 0.5) is 0 Å². The molecule has 104 valence electrons. The van der Waals surface area contributed by atoms with Crippen LogP contribution in [0, 0.1) is 0 Å². The minimum absolute atomic E-state index is 0.184. The molecular formula is C17H19NO2. The number of benzene rings is 2. The van der Waals surface area contributed by atoms with Crippen LogP contribution in [0.15, 0.2) is 42.5 Å². The lowest BCUT2D eigenvalue weighted by molar-refractivity contribution is -0.147. The van der Waals surface area contributed by atoms with Gasteiger partial charge in [0, 0.05) is 6.04 Å². The van der Waals surface area contributed by atoms with Crippen LogP contribution >= 0.6 is 0 Å². The second kappa shape index (κ2) is 5.25. The lowest BCUT2D eigenvalue weighted by Crippen LogP contribution is -2.33. The maximum absolute atomic E-state index is 12.3. The molecule has 0 saturated heterocycles. The minimum Gasteiger partial charge on any atom is -0.468 e. The van der Waals surface area contributed by atoms with Gasteiger partial charge in [0.15, 0.2) is 0 Å². The summed E-state index contributed by atoms with van der Waals surface area (Å²) in [6, 6.07) is 14.5. The molecule has 1 aliphatic carbocycles. The first-order chi connectivity index (χ1) is 9.72. The Bertz CT molecular complexity index is 628. The third-order valence-electron chi connectivity index (χ3n) is 4.07. The predicted molar refractivity (Wildman–Crippen MR) is 79.5 cm³/mol. The van der Waals surface area contributed by atoms with E-state index in [2.05, 4.69) is 23.1 Å². The smallest absolute Gasteiger partial charge is 0.327 e. The van der Waals surface area contributed by atoms with Gasteiger partial charge in [-0.3, -0.25) is 4.90 Å². The quantitative estimate of drug-likeness (QED) is 0.799. The number of rotatable bonds is 4. The van der Waals surface area contributed by atoms with Crippen LogP contribution in [0.5, 0.6) is 0 Å². The molecule has 0 radical (unpaired) electrons. The van der Waals surface area contributed by atoms with Gasteiger partial charge in [-0.15, -0.1) is 0 Å². The summed E-state index contributed by atoms with van der Waals surface area (Å²) in [6.07, 6.45) is 2.32. The SMILES string of the molecule is COC(=O)C(c1cccc2ccccc12)N(C)C1CC1. The largest absolute Gasteiger partial charge is 0.468 e. The van der Waals surface area contributed by atoms with Crippen molar-refractivity contribution in [3.05, 3.63) is 48.0 Å². The molecule has 0 N–H and O–H groups in total. The molecule has 0 amide bonds. The zero-order chi connectivity index (χ0) is 14.1. The lowest BCUT2D eigenvalue weighted by atomic mass is 9.97. The summed E-state index contributed by atoms with van der Waals surface area (Å²) in [5, 5.41) is 2.28. The highest BCUT2D eigenvalue weighted by molar-refractivity contribution is 5.91. The molecule has 2 aromatic carbocycles. The van der Waals surface area contributed by atoms with E-state index in [9.17, 15) is 4.79 Å². The lowest BCUT2D eigenvalue weighted by Gasteiger charge is -2.27. The van der Waals surface area contributed by atoms with Crippen LogP contribution in [-0.4, -0.2) is 31.1 Å². The molecular weight excluding hydrogens is 250 g/mol. The summed E-state index contributed by atoms with van der Waals surface area (Å²) < 4.78 is 5.03. The van der Waals surface area contributed by atoms with Crippen molar-refractivity contribution in [2.75, 3.05) is 14.2 Å². The van der Waals surface area contributed by atoms with Crippen LogP contribution in [0.1, 0.15) is 24.4 Å². The first-order valence-corrected chi connectivity index (χ1v) is 7.00. The van der Waals surface area contributed by atoms with E-state index in [1.807, 2.05) is 31.3 Å². The van der Waals surface area contributed by atoms with Crippen molar-refractivity contribution in [3.63, 3.8) is 0 Å². The average Bonchev–Trinajstić information content (AvgIpc) is 3.32. The van der Waals surface area contributed by atoms with E-state index in [4.69, 9.17) is 4.74 Å². The first kappa shape index (κ1) is 13.1. The van der Waals surface area contributed by atoms with Crippen molar-refractivity contribution < 1.29 is 9.53 Å². The van der Waals surface area contributed by atoms with E-state index < -0.39 is 0 Å². The standard InChI is InChI=1S/C17H19NO2/c1-18(13-10-11-13)16(17(19)20-2)15-9-5-7-12-6-3-4-8-14(12)15/h3-9,13,16H,10-11H2,1-2H3. The molecule has 0 bridgehead atoms. The van der Waals surface area contributed by atoms with E-state index in [0.29, 0.717) is 6.04 Å². The summed E-state index contributed by atoms with van der Waals surface area (Å²) in [6.45, 7) is 0. The number of hydrogen-bond acceptors (Lipinski definition) is 3. The molecule has 1 saturated carbocycles. The summed E-state index contributed by atoms with van der Waals surface area (Å²) in [5.41, 5.74) is 1.03. The third kappa shape index (κ3) is 2.29. The molecule has 1 aliphatic rings. The highest BCUT2D eigenvalue weighted by atomic mass is 16.5. The molecule has 2 aromatic rings. The zero-order valence-electron chi connectivity index (χ0n) is 11.9. The summed E-state index contributed by atoms with van der Waals surface area (Å²) in [4.78, 5) is 14.4. The maximum Gasteiger partial charge on any atom is 0.327 e. The minimum atomic E-state index is -0.321. The third-order valence-corrected chi connectivity index (χ3v) is 4.07. The second-order valence-corrected chi connectivity index (χ2v) is 5.39. The van der Waals surface area contributed by atoms with E-state index in [0.717, 1.165) is 29.2 Å². The molecule has 0 aliphatic heterocycles. The highest BCUT2D eigenvalue weighted by Crippen LogP contribution is 2.36. The van der Waals surface area contributed by atoms with Crippen LogP contribution in [0.3, 0.4) is 0 Å². The van der Waals surface area contributed by atoms with Crippen molar-refractivity contribution >= 4 is 16.7 Å². The number of carbonyl (C=O) groups is 1. The van der Waals surface area contributed by atoms with Crippen molar-refractivity contribution in [1.29, 1.82) is 0 Å². The van der Waals surface area contributed by atoms with E-state index in [1.165, 1.54) is 7.11 Å². The number of likely N-dealkylation sites (N-methyl/N-ethyl adjacent to an activating group) is 1. The number of hydrogen-bond donors (Lipinski definition) is 0. The van der Waals surface area contributed by atoms with Gasteiger partial charge in [0.25, 0.3) is 0 Å². The molecule has 1 atom stereocenters. The molecule has 0 spiro atoms. The highest BCUT2D eigenvalue weighted by Gasteiger charge is 2.36. The van der Waals surface area contributed by atoms with Gasteiger partial charge in [-0.2, -0.15) is 0 Å². The number of nitrogens with zero attached hydrogens (tertiary/aromatic N) is 1. The van der Waals surface area contributed by atoms with Crippen molar-refractivity contribution in [2.24, 2.45) is 0 Å². The van der Waals surface area contributed by atoms with Crippen LogP contribution in [0.25, 0.3) is 10.8 Å². The Labute approximate surface area is 119 Å². The monoisotopic (exact) mass is 269 g/mol. The van der Waals surface area contributed by atoms with Crippen LogP contribution < -0.4 is 0 Å².